The van der Waals surface area contributed by atoms with Gasteiger partial charge in [-0.15, -0.1) is 0 Å². The number of aromatic nitrogens is 3. The van der Waals surface area contributed by atoms with Gasteiger partial charge in [0.2, 0.25) is 0 Å². The van der Waals surface area contributed by atoms with Gasteiger partial charge in [0.25, 0.3) is 0 Å². The van der Waals surface area contributed by atoms with Crippen molar-refractivity contribution < 1.29 is 4.21 Å². The fourth-order valence-electron chi connectivity index (χ4n) is 1.84. The van der Waals surface area contributed by atoms with Gasteiger partial charge < -0.3 is 0 Å². The lowest BCUT2D eigenvalue weighted by Crippen LogP contribution is -2.37. The highest BCUT2D eigenvalue weighted by atomic mass is 32.2. The van der Waals surface area contributed by atoms with Gasteiger partial charge in [-0.1, -0.05) is 6.92 Å². The van der Waals surface area contributed by atoms with Crippen LogP contribution in [0.2, 0.25) is 0 Å². The van der Waals surface area contributed by atoms with E-state index in [0.717, 1.165) is 49.9 Å². The fraction of sp³-hybridized carbons (Fsp3) is 0.800. The Kier molecular flexibility index (Phi) is 4.06. The zero-order valence-corrected chi connectivity index (χ0v) is 10.4. The Morgan fingerprint density at radius 2 is 2.19 bits per heavy atom. The van der Waals surface area contributed by atoms with Gasteiger partial charge in [-0.3, -0.25) is 9.11 Å². The van der Waals surface area contributed by atoms with Crippen LogP contribution in [0.15, 0.2) is 6.33 Å². The van der Waals surface area contributed by atoms with E-state index in [1.807, 2.05) is 4.68 Å². The van der Waals surface area contributed by atoms with Gasteiger partial charge in [0.05, 0.1) is 6.54 Å². The molecule has 2 rings (SSSR count). The van der Waals surface area contributed by atoms with E-state index in [0.29, 0.717) is 0 Å². The van der Waals surface area contributed by atoms with Crippen LogP contribution in [0.3, 0.4) is 0 Å². The van der Waals surface area contributed by atoms with Gasteiger partial charge in [-0.2, -0.15) is 5.10 Å². The first-order valence-electron chi connectivity index (χ1n) is 5.73. The van der Waals surface area contributed by atoms with E-state index in [1.54, 1.807) is 6.33 Å². The number of rotatable bonds is 4. The van der Waals surface area contributed by atoms with Crippen LogP contribution in [-0.2, 0) is 23.9 Å². The van der Waals surface area contributed by atoms with Crippen molar-refractivity contribution in [1.82, 2.24) is 19.7 Å². The molecule has 90 valence electrons. The average molecular weight is 242 g/mol. The summed E-state index contributed by atoms with van der Waals surface area (Å²) in [5.74, 6) is 2.61. The zero-order valence-electron chi connectivity index (χ0n) is 9.63. The zero-order chi connectivity index (χ0) is 11.4. The summed E-state index contributed by atoms with van der Waals surface area (Å²) in [6.07, 6.45) is 2.69. The Labute approximate surface area is 98.3 Å². The van der Waals surface area contributed by atoms with E-state index >= 15 is 0 Å². The molecule has 0 spiro atoms. The van der Waals surface area contributed by atoms with Crippen molar-refractivity contribution in [3.63, 3.8) is 0 Å². The molecule has 2 heterocycles. The minimum atomic E-state index is -0.603. The van der Waals surface area contributed by atoms with Crippen LogP contribution >= 0.6 is 0 Å². The first kappa shape index (κ1) is 11.7. The van der Waals surface area contributed by atoms with Gasteiger partial charge >= 0.3 is 0 Å². The lowest BCUT2D eigenvalue weighted by Gasteiger charge is -2.25. The number of hydrogen-bond donors (Lipinski definition) is 0. The summed E-state index contributed by atoms with van der Waals surface area (Å²) in [5.41, 5.74) is 0. The molecule has 1 aromatic heterocycles. The molecule has 6 heteroatoms. The SMILES string of the molecule is CCCn1ncnc1CN1CCS(=O)CC1. The van der Waals surface area contributed by atoms with Gasteiger partial charge in [0, 0.05) is 41.9 Å². The van der Waals surface area contributed by atoms with Crippen LogP contribution in [0.4, 0.5) is 0 Å². The largest absolute Gasteiger partial charge is 0.294 e. The van der Waals surface area contributed by atoms with Crippen molar-refractivity contribution in [2.75, 3.05) is 24.6 Å². The standard InChI is InChI=1S/C10H18N4OS/c1-2-3-14-10(11-9-12-14)8-13-4-6-16(15)7-5-13/h9H,2-8H2,1H3. The van der Waals surface area contributed by atoms with Crippen LogP contribution in [0, 0.1) is 0 Å². The van der Waals surface area contributed by atoms with Crippen molar-refractivity contribution in [3.05, 3.63) is 12.2 Å². The predicted octanol–water partition coefficient (Wildman–Crippen LogP) is 0.252. The molecule has 0 amide bonds. The summed E-state index contributed by atoms with van der Waals surface area (Å²) in [4.78, 5) is 6.59. The highest BCUT2D eigenvalue weighted by molar-refractivity contribution is 7.85. The van der Waals surface area contributed by atoms with E-state index < -0.39 is 10.8 Å². The third-order valence-corrected chi connectivity index (χ3v) is 4.04. The molecule has 0 bridgehead atoms. The topological polar surface area (TPSA) is 51.0 Å². The summed E-state index contributed by atoms with van der Waals surface area (Å²) >= 11 is 0. The number of hydrogen-bond acceptors (Lipinski definition) is 4. The van der Waals surface area contributed by atoms with Crippen molar-refractivity contribution in [2.24, 2.45) is 0 Å². The summed E-state index contributed by atoms with van der Waals surface area (Å²) in [5, 5.41) is 4.21. The molecule has 1 fully saturated rings. The minimum Gasteiger partial charge on any atom is -0.294 e. The van der Waals surface area contributed by atoms with Gasteiger partial charge in [-0.05, 0) is 6.42 Å². The monoisotopic (exact) mass is 242 g/mol. The molecule has 1 aromatic rings. The lowest BCUT2D eigenvalue weighted by molar-refractivity contribution is 0.277. The highest BCUT2D eigenvalue weighted by Gasteiger charge is 2.17. The van der Waals surface area contributed by atoms with Gasteiger partial charge in [0.15, 0.2) is 0 Å². The van der Waals surface area contributed by atoms with Crippen molar-refractivity contribution in [3.8, 4) is 0 Å². The maximum Gasteiger partial charge on any atom is 0.141 e. The van der Waals surface area contributed by atoms with E-state index in [1.165, 1.54) is 0 Å². The first-order valence-corrected chi connectivity index (χ1v) is 7.22. The van der Waals surface area contributed by atoms with Gasteiger partial charge in [0.1, 0.15) is 12.2 Å². The summed E-state index contributed by atoms with van der Waals surface area (Å²) in [7, 11) is -0.603. The molecule has 0 aliphatic carbocycles. The second-order valence-corrected chi connectivity index (χ2v) is 5.72. The van der Waals surface area contributed by atoms with Gasteiger partial charge in [-0.25, -0.2) is 9.67 Å². The Bertz CT molecular complexity index is 355. The van der Waals surface area contributed by atoms with Crippen LogP contribution in [-0.4, -0.2) is 48.5 Å². The maximum absolute atomic E-state index is 11.2. The lowest BCUT2D eigenvalue weighted by atomic mass is 10.4. The summed E-state index contributed by atoms with van der Waals surface area (Å²) < 4.78 is 13.2. The Balaban J connectivity index is 1.93. The first-order chi connectivity index (χ1) is 7.79. The normalized spacial score (nSPS) is 19.1. The van der Waals surface area contributed by atoms with Crippen LogP contribution in [0.5, 0.6) is 0 Å². The maximum atomic E-state index is 11.2. The Hall–Kier alpha value is -0.750. The van der Waals surface area contributed by atoms with Crippen molar-refractivity contribution in [2.45, 2.75) is 26.4 Å². The Morgan fingerprint density at radius 1 is 1.44 bits per heavy atom. The van der Waals surface area contributed by atoms with E-state index in [4.69, 9.17) is 0 Å². The van der Waals surface area contributed by atoms with E-state index in [-0.39, 0.29) is 0 Å². The molecule has 16 heavy (non-hydrogen) atoms. The summed E-state index contributed by atoms with van der Waals surface area (Å²) in [6, 6.07) is 0. The molecular formula is C10H18N4OS. The third kappa shape index (κ3) is 2.89. The molecule has 0 aromatic carbocycles. The third-order valence-electron chi connectivity index (χ3n) is 2.77. The quantitative estimate of drug-likeness (QED) is 0.759. The smallest absolute Gasteiger partial charge is 0.141 e. The fourth-order valence-corrected chi connectivity index (χ4v) is 2.97. The van der Waals surface area contributed by atoms with Crippen LogP contribution < -0.4 is 0 Å². The Morgan fingerprint density at radius 3 is 2.88 bits per heavy atom. The van der Waals surface area contributed by atoms with Crippen molar-refractivity contribution in [1.29, 1.82) is 0 Å². The van der Waals surface area contributed by atoms with Crippen LogP contribution in [0.25, 0.3) is 0 Å². The number of nitrogens with zero attached hydrogens (tertiary/aromatic N) is 4. The highest BCUT2D eigenvalue weighted by Crippen LogP contribution is 2.06. The molecule has 0 radical (unpaired) electrons. The van der Waals surface area contributed by atoms with Crippen LogP contribution in [0.1, 0.15) is 19.2 Å². The van der Waals surface area contributed by atoms with E-state index in [2.05, 4.69) is 21.9 Å². The van der Waals surface area contributed by atoms with E-state index in [9.17, 15) is 4.21 Å². The molecule has 1 aliphatic heterocycles. The number of aryl methyl sites for hydroxylation is 1. The summed E-state index contributed by atoms with van der Waals surface area (Å²) in [6.45, 7) is 5.71. The minimum absolute atomic E-state index is 0.603. The predicted molar refractivity (Wildman–Crippen MR) is 63.5 cm³/mol. The second kappa shape index (κ2) is 5.54. The molecule has 0 unspecified atom stereocenters. The molecule has 1 aliphatic rings. The molecular weight excluding hydrogens is 224 g/mol. The molecule has 0 N–H and O–H groups in total. The molecule has 1 saturated heterocycles. The van der Waals surface area contributed by atoms with Crippen molar-refractivity contribution >= 4 is 10.8 Å². The average Bonchev–Trinajstić information content (AvgIpc) is 2.70. The molecule has 0 atom stereocenters. The second-order valence-electron chi connectivity index (χ2n) is 4.02. The molecule has 0 saturated carbocycles. The molecule has 5 nitrogen and oxygen atoms in total.